The fourth-order valence-electron chi connectivity index (χ4n) is 6.51. The van der Waals surface area contributed by atoms with Gasteiger partial charge in [-0.3, -0.25) is 14.7 Å². The summed E-state index contributed by atoms with van der Waals surface area (Å²) in [6.45, 7) is 2.51. The van der Waals surface area contributed by atoms with Crippen molar-refractivity contribution in [3.05, 3.63) is 78.1 Å². The SMILES string of the molecule is CC1CCCC2(Cc3ccc(-c4cccnc4)cc3C23N=C(N)N(Cc2ncccn2)C3=O)C1. The molecule has 3 atom stereocenters. The van der Waals surface area contributed by atoms with Crippen LogP contribution in [0.4, 0.5) is 0 Å². The van der Waals surface area contributed by atoms with E-state index in [4.69, 9.17) is 10.7 Å². The molecular formula is C27H28N6O. The van der Waals surface area contributed by atoms with Crippen LogP contribution in [0.15, 0.2) is 66.2 Å². The van der Waals surface area contributed by atoms with Crippen molar-refractivity contribution in [2.45, 2.75) is 51.1 Å². The Balaban J connectivity index is 1.50. The second kappa shape index (κ2) is 7.72. The highest BCUT2D eigenvalue weighted by Gasteiger charge is 2.66. The van der Waals surface area contributed by atoms with Gasteiger partial charge in [0, 0.05) is 30.2 Å². The second-order valence-electron chi connectivity index (χ2n) is 10.0. The summed E-state index contributed by atoms with van der Waals surface area (Å²) < 4.78 is 0. The van der Waals surface area contributed by atoms with E-state index in [1.807, 2.05) is 18.3 Å². The number of guanidine groups is 1. The van der Waals surface area contributed by atoms with E-state index in [0.717, 1.165) is 42.4 Å². The summed E-state index contributed by atoms with van der Waals surface area (Å²) >= 11 is 0. The largest absolute Gasteiger partial charge is 0.369 e. The minimum atomic E-state index is -1.01. The van der Waals surface area contributed by atoms with Gasteiger partial charge in [-0.15, -0.1) is 0 Å². The smallest absolute Gasteiger partial charge is 0.262 e. The lowest BCUT2D eigenvalue weighted by molar-refractivity contribution is -0.138. The van der Waals surface area contributed by atoms with Crippen LogP contribution in [-0.4, -0.2) is 31.7 Å². The van der Waals surface area contributed by atoms with E-state index in [9.17, 15) is 4.79 Å². The Hall–Kier alpha value is -3.61. The third-order valence-electron chi connectivity index (χ3n) is 7.91. The first-order valence-electron chi connectivity index (χ1n) is 12.0. The molecule has 2 spiro atoms. The molecule has 34 heavy (non-hydrogen) atoms. The lowest BCUT2D eigenvalue weighted by atomic mass is 9.59. The molecule has 1 saturated carbocycles. The first kappa shape index (κ1) is 21.0. The molecule has 3 heterocycles. The van der Waals surface area contributed by atoms with Gasteiger partial charge in [0.05, 0.1) is 6.54 Å². The number of pyridine rings is 1. The van der Waals surface area contributed by atoms with E-state index >= 15 is 0 Å². The maximum Gasteiger partial charge on any atom is 0.262 e. The van der Waals surface area contributed by atoms with Gasteiger partial charge in [0.15, 0.2) is 11.5 Å². The van der Waals surface area contributed by atoms with E-state index in [2.05, 4.69) is 40.1 Å². The van der Waals surface area contributed by atoms with E-state index in [1.165, 1.54) is 12.0 Å². The first-order valence-corrected chi connectivity index (χ1v) is 12.0. The molecule has 0 saturated heterocycles. The van der Waals surface area contributed by atoms with Crippen molar-refractivity contribution in [1.82, 2.24) is 19.9 Å². The zero-order valence-electron chi connectivity index (χ0n) is 19.3. The number of amides is 1. The molecule has 7 nitrogen and oxygen atoms in total. The van der Waals surface area contributed by atoms with Gasteiger partial charge in [0.1, 0.15) is 5.82 Å². The quantitative estimate of drug-likeness (QED) is 0.651. The van der Waals surface area contributed by atoms with E-state index in [0.29, 0.717) is 11.7 Å². The topological polar surface area (TPSA) is 97.4 Å². The minimum Gasteiger partial charge on any atom is -0.369 e. The molecule has 1 amide bonds. The van der Waals surface area contributed by atoms with Gasteiger partial charge >= 0.3 is 0 Å². The normalized spacial score (nSPS) is 27.9. The van der Waals surface area contributed by atoms with Gasteiger partial charge in [-0.2, -0.15) is 0 Å². The maximum absolute atomic E-state index is 14.4. The van der Waals surface area contributed by atoms with E-state index in [-0.39, 0.29) is 23.8 Å². The van der Waals surface area contributed by atoms with Crippen molar-refractivity contribution in [2.75, 3.05) is 0 Å². The molecule has 1 aromatic carbocycles. The van der Waals surface area contributed by atoms with Crippen molar-refractivity contribution in [3.63, 3.8) is 0 Å². The predicted molar refractivity (Wildman–Crippen MR) is 129 cm³/mol. The number of aromatic nitrogens is 3. The molecule has 2 aliphatic carbocycles. The van der Waals surface area contributed by atoms with Gasteiger partial charge < -0.3 is 5.73 Å². The standard InChI is InChI=1S/C27H28N6O/c1-18-5-2-9-26(14-18)15-20-8-7-19(21-6-3-10-29-16-21)13-22(20)27(26)24(34)33(25(28)32-27)17-23-30-11-4-12-31-23/h3-4,6-8,10-13,16,18H,2,5,9,14-15,17H2,1H3,(H2,28,32). The fraction of sp³-hybridized carbons (Fsp3) is 0.370. The zero-order chi connectivity index (χ0) is 23.3. The second-order valence-corrected chi connectivity index (χ2v) is 10.0. The fourth-order valence-corrected chi connectivity index (χ4v) is 6.51. The van der Waals surface area contributed by atoms with E-state index in [1.54, 1.807) is 29.6 Å². The molecule has 0 bridgehead atoms. The molecule has 2 aromatic heterocycles. The van der Waals surface area contributed by atoms with Gasteiger partial charge in [-0.25, -0.2) is 15.0 Å². The first-order chi connectivity index (χ1) is 16.5. The molecule has 172 valence electrons. The van der Waals surface area contributed by atoms with Crippen molar-refractivity contribution in [1.29, 1.82) is 0 Å². The van der Waals surface area contributed by atoms with Crippen LogP contribution in [0.1, 0.15) is 49.6 Å². The van der Waals surface area contributed by atoms with Crippen LogP contribution >= 0.6 is 0 Å². The number of fused-ring (bicyclic) bond motifs is 3. The Bertz CT molecular complexity index is 1280. The Kier molecular flexibility index (Phi) is 4.76. The highest BCUT2D eigenvalue weighted by molar-refractivity contribution is 6.08. The number of hydrogen-bond acceptors (Lipinski definition) is 6. The Morgan fingerprint density at radius 2 is 1.97 bits per heavy atom. The van der Waals surface area contributed by atoms with Gasteiger partial charge in [0.2, 0.25) is 0 Å². The Labute approximate surface area is 199 Å². The van der Waals surface area contributed by atoms with Crippen LogP contribution in [0.2, 0.25) is 0 Å². The summed E-state index contributed by atoms with van der Waals surface area (Å²) in [6.07, 6.45) is 12.0. The van der Waals surface area contributed by atoms with Crippen LogP contribution in [0.25, 0.3) is 11.1 Å². The van der Waals surface area contributed by atoms with Crippen molar-refractivity contribution in [2.24, 2.45) is 22.1 Å². The Morgan fingerprint density at radius 1 is 1.12 bits per heavy atom. The number of carbonyl (C=O) groups excluding carboxylic acids is 1. The average Bonchev–Trinajstić information content (AvgIpc) is 3.26. The number of benzene rings is 1. The number of rotatable bonds is 3. The van der Waals surface area contributed by atoms with Gasteiger partial charge in [0.25, 0.3) is 5.91 Å². The maximum atomic E-state index is 14.4. The summed E-state index contributed by atoms with van der Waals surface area (Å²) in [5.74, 6) is 1.30. The lowest BCUT2D eigenvalue weighted by Crippen LogP contribution is -2.51. The Morgan fingerprint density at radius 3 is 2.74 bits per heavy atom. The van der Waals surface area contributed by atoms with Crippen LogP contribution in [-0.2, 0) is 23.3 Å². The molecule has 3 aromatic rings. The molecule has 3 unspecified atom stereocenters. The summed E-state index contributed by atoms with van der Waals surface area (Å²) in [5.41, 5.74) is 9.47. The molecule has 2 N–H and O–H groups in total. The summed E-state index contributed by atoms with van der Waals surface area (Å²) in [4.78, 5) is 34.0. The molecule has 3 aliphatic rings. The number of nitrogens with two attached hydrogens (primary N) is 1. The number of hydrogen-bond donors (Lipinski definition) is 1. The van der Waals surface area contributed by atoms with Crippen molar-refractivity contribution in [3.8, 4) is 11.1 Å². The highest BCUT2D eigenvalue weighted by atomic mass is 16.2. The predicted octanol–water partition coefficient (Wildman–Crippen LogP) is 3.84. The van der Waals surface area contributed by atoms with Crippen molar-refractivity contribution < 1.29 is 4.79 Å². The molecule has 1 fully saturated rings. The number of nitrogens with zero attached hydrogens (tertiary/aromatic N) is 5. The molecular weight excluding hydrogens is 424 g/mol. The summed E-state index contributed by atoms with van der Waals surface area (Å²) in [7, 11) is 0. The van der Waals surface area contributed by atoms with Crippen LogP contribution in [0.3, 0.4) is 0 Å². The lowest BCUT2D eigenvalue weighted by Gasteiger charge is -2.45. The summed E-state index contributed by atoms with van der Waals surface area (Å²) in [6, 6.07) is 12.2. The molecule has 1 aliphatic heterocycles. The van der Waals surface area contributed by atoms with E-state index < -0.39 is 5.54 Å². The van der Waals surface area contributed by atoms with Gasteiger partial charge in [-0.1, -0.05) is 38.0 Å². The molecule has 7 heteroatoms. The molecule has 6 rings (SSSR count). The van der Waals surface area contributed by atoms with Crippen LogP contribution < -0.4 is 5.73 Å². The average molecular weight is 453 g/mol. The third-order valence-corrected chi connectivity index (χ3v) is 7.91. The minimum absolute atomic E-state index is 0.0476. The third kappa shape index (κ3) is 2.99. The van der Waals surface area contributed by atoms with Gasteiger partial charge in [-0.05, 0) is 65.6 Å². The number of carbonyl (C=O) groups is 1. The van der Waals surface area contributed by atoms with Crippen molar-refractivity contribution >= 4 is 11.9 Å². The zero-order valence-corrected chi connectivity index (χ0v) is 19.3. The van der Waals surface area contributed by atoms with Crippen LogP contribution in [0, 0.1) is 11.3 Å². The highest BCUT2D eigenvalue weighted by Crippen LogP contribution is 2.62. The molecule has 0 radical (unpaired) electrons. The number of aliphatic imine (C=N–C) groups is 1. The van der Waals surface area contributed by atoms with Crippen LogP contribution in [0.5, 0.6) is 0 Å². The summed E-state index contributed by atoms with van der Waals surface area (Å²) in [5, 5.41) is 0. The monoisotopic (exact) mass is 452 g/mol.